The number of aromatic nitrogens is 3. The van der Waals surface area contributed by atoms with Gasteiger partial charge in [0, 0.05) is 31.9 Å². The Morgan fingerprint density at radius 2 is 1.56 bits per heavy atom. The zero-order valence-corrected chi connectivity index (χ0v) is 18.8. The van der Waals surface area contributed by atoms with E-state index in [-0.39, 0.29) is 12.5 Å². The van der Waals surface area contributed by atoms with E-state index >= 15 is 0 Å². The summed E-state index contributed by atoms with van der Waals surface area (Å²) in [6.07, 6.45) is 10.2. The topological polar surface area (TPSA) is 54.3 Å². The Labute approximate surface area is 190 Å². The zero-order chi connectivity index (χ0) is 22.0. The molecule has 1 aromatic heterocycles. The van der Waals surface area contributed by atoms with E-state index in [1.807, 2.05) is 4.90 Å². The van der Waals surface area contributed by atoms with Crippen LogP contribution in [0.2, 0.25) is 0 Å². The van der Waals surface area contributed by atoms with Crippen molar-refractivity contribution in [2.75, 3.05) is 18.0 Å². The number of carbonyl (C=O) groups excluding carboxylic acids is 1. The predicted octanol–water partition coefficient (Wildman–Crippen LogP) is 4.67. The summed E-state index contributed by atoms with van der Waals surface area (Å²) >= 11 is 0. The van der Waals surface area contributed by atoms with Gasteiger partial charge < -0.3 is 9.80 Å². The third kappa shape index (κ3) is 6.19. The standard InChI is InChI=1S/C26H33N5O/c32-26(20-31-22-27-21-28-31)30-17-11-4-2-1-3-10-16-29(18-23-12-6-5-7-13-23)25-15-9-8-14-24(25)19-30/h5-9,12-15,21-22H,1-4,10-11,16-20H2. The summed E-state index contributed by atoms with van der Waals surface area (Å²) in [4.78, 5) is 21.6. The van der Waals surface area contributed by atoms with Crippen LogP contribution in [0.25, 0.3) is 0 Å². The maximum atomic E-state index is 13.2. The van der Waals surface area contributed by atoms with E-state index in [9.17, 15) is 4.79 Å². The molecule has 6 heteroatoms. The van der Waals surface area contributed by atoms with Gasteiger partial charge in [-0.2, -0.15) is 5.10 Å². The largest absolute Gasteiger partial charge is 0.367 e. The summed E-state index contributed by atoms with van der Waals surface area (Å²) in [5.41, 5.74) is 3.74. The molecule has 168 valence electrons. The van der Waals surface area contributed by atoms with Crippen LogP contribution in [-0.2, 0) is 24.4 Å². The SMILES string of the molecule is O=C(Cn1cncn1)N1CCCCCCCCN(Cc2ccccc2)c2ccccc2C1. The number of anilines is 1. The number of para-hydroxylation sites is 1. The van der Waals surface area contributed by atoms with Gasteiger partial charge in [-0.25, -0.2) is 9.67 Å². The molecule has 0 bridgehead atoms. The lowest BCUT2D eigenvalue weighted by molar-refractivity contribution is -0.132. The Morgan fingerprint density at radius 1 is 0.844 bits per heavy atom. The highest BCUT2D eigenvalue weighted by Gasteiger charge is 2.19. The lowest BCUT2D eigenvalue weighted by Crippen LogP contribution is -2.35. The van der Waals surface area contributed by atoms with Crippen molar-refractivity contribution in [3.05, 3.63) is 78.4 Å². The summed E-state index contributed by atoms with van der Waals surface area (Å²) in [7, 11) is 0. The Balaban J connectivity index is 1.59. The molecule has 0 radical (unpaired) electrons. The van der Waals surface area contributed by atoms with Gasteiger partial charge >= 0.3 is 0 Å². The van der Waals surface area contributed by atoms with Gasteiger partial charge in [-0.05, 0) is 30.0 Å². The van der Waals surface area contributed by atoms with Crippen molar-refractivity contribution in [2.24, 2.45) is 0 Å². The van der Waals surface area contributed by atoms with Gasteiger partial charge in [-0.3, -0.25) is 4.79 Å². The van der Waals surface area contributed by atoms with Crippen LogP contribution in [0.15, 0.2) is 67.3 Å². The summed E-state index contributed by atoms with van der Waals surface area (Å²) in [5.74, 6) is 0.0924. The van der Waals surface area contributed by atoms with Crippen LogP contribution >= 0.6 is 0 Å². The van der Waals surface area contributed by atoms with Crippen LogP contribution in [0.5, 0.6) is 0 Å². The average molecular weight is 432 g/mol. The fourth-order valence-corrected chi connectivity index (χ4v) is 4.40. The second-order valence-corrected chi connectivity index (χ2v) is 8.57. The molecule has 0 unspecified atom stereocenters. The molecule has 3 aromatic rings. The number of amides is 1. The van der Waals surface area contributed by atoms with Gasteiger partial charge in [0.25, 0.3) is 0 Å². The Morgan fingerprint density at radius 3 is 2.34 bits per heavy atom. The molecule has 4 rings (SSSR count). The van der Waals surface area contributed by atoms with Crippen molar-refractivity contribution in [2.45, 2.75) is 58.2 Å². The van der Waals surface area contributed by atoms with Gasteiger partial charge in [0.2, 0.25) is 5.91 Å². The van der Waals surface area contributed by atoms with Crippen LogP contribution in [-0.4, -0.2) is 38.7 Å². The molecule has 0 atom stereocenters. The highest BCUT2D eigenvalue weighted by Crippen LogP contribution is 2.26. The molecule has 0 aliphatic carbocycles. The molecule has 6 nitrogen and oxygen atoms in total. The van der Waals surface area contributed by atoms with Gasteiger partial charge in [-0.15, -0.1) is 0 Å². The monoisotopic (exact) mass is 431 g/mol. The number of hydrogen-bond donors (Lipinski definition) is 0. The quantitative estimate of drug-likeness (QED) is 0.603. The molecule has 2 aromatic carbocycles. The molecule has 0 N–H and O–H groups in total. The predicted molar refractivity (Wildman–Crippen MR) is 127 cm³/mol. The minimum absolute atomic E-state index is 0.0924. The van der Waals surface area contributed by atoms with Crippen molar-refractivity contribution in [3.8, 4) is 0 Å². The summed E-state index contributed by atoms with van der Waals surface area (Å²) < 4.78 is 1.61. The van der Waals surface area contributed by atoms with Crippen LogP contribution < -0.4 is 4.90 Å². The molecular weight excluding hydrogens is 398 g/mol. The van der Waals surface area contributed by atoms with Crippen LogP contribution in [0.4, 0.5) is 5.69 Å². The fourth-order valence-electron chi connectivity index (χ4n) is 4.40. The van der Waals surface area contributed by atoms with Gasteiger partial charge in [0.05, 0.1) is 0 Å². The first-order valence-electron chi connectivity index (χ1n) is 11.8. The number of benzene rings is 2. The first-order valence-corrected chi connectivity index (χ1v) is 11.8. The van der Waals surface area contributed by atoms with Crippen molar-refractivity contribution in [3.63, 3.8) is 0 Å². The minimum Gasteiger partial charge on any atom is -0.367 e. The van der Waals surface area contributed by atoms with Crippen LogP contribution in [0.1, 0.15) is 49.7 Å². The number of nitrogens with zero attached hydrogens (tertiary/aromatic N) is 5. The summed E-state index contributed by atoms with van der Waals surface area (Å²) in [6.45, 7) is 3.54. The number of hydrogen-bond acceptors (Lipinski definition) is 4. The Kier molecular flexibility index (Phi) is 7.90. The normalized spacial score (nSPS) is 15.9. The van der Waals surface area contributed by atoms with Gasteiger partial charge in [-0.1, -0.05) is 74.2 Å². The van der Waals surface area contributed by atoms with Gasteiger partial charge in [0.15, 0.2) is 0 Å². The second-order valence-electron chi connectivity index (χ2n) is 8.57. The van der Waals surface area contributed by atoms with Crippen LogP contribution in [0, 0.1) is 0 Å². The highest BCUT2D eigenvalue weighted by molar-refractivity contribution is 5.76. The van der Waals surface area contributed by atoms with Crippen molar-refractivity contribution in [1.82, 2.24) is 19.7 Å². The lowest BCUT2D eigenvalue weighted by Gasteiger charge is -2.30. The molecule has 2 heterocycles. The molecule has 32 heavy (non-hydrogen) atoms. The number of fused-ring (bicyclic) bond motifs is 1. The minimum atomic E-state index is 0.0924. The van der Waals surface area contributed by atoms with E-state index in [1.54, 1.807) is 11.0 Å². The first kappa shape index (κ1) is 22.1. The first-order chi connectivity index (χ1) is 15.8. The molecular formula is C26H33N5O. The molecule has 0 fully saturated rings. The third-order valence-electron chi connectivity index (χ3n) is 6.13. The van der Waals surface area contributed by atoms with E-state index in [4.69, 9.17) is 0 Å². The zero-order valence-electron chi connectivity index (χ0n) is 18.8. The molecule has 0 saturated carbocycles. The number of rotatable bonds is 4. The summed E-state index contributed by atoms with van der Waals surface area (Å²) in [5, 5.41) is 4.12. The average Bonchev–Trinajstić information content (AvgIpc) is 3.33. The highest BCUT2D eigenvalue weighted by atomic mass is 16.2. The van der Waals surface area contributed by atoms with Crippen LogP contribution in [0.3, 0.4) is 0 Å². The molecule has 1 aliphatic heterocycles. The van der Waals surface area contributed by atoms with Crippen molar-refractivity contribution < 1.29 is 4.79 Å². The van der Waals surface area contributed by atoms with Crippen molar-refractivity contribution >= 4 is 11.6 Å². The van der Waals surface area contributed by atoms with E-state index in [2.05, 4.69) is 69.6 Å². The number of carbonyl (C=O) groups is 1. The fraction of sp³-hybridized carbons (Fsp3) is 0.423. The molecule has 0 saturated heterocycles. The van der Waals surface area contributed by atoms with E-state index in [1.165, 1.54) is 55.2 Å². The Bertz CT molecular complexity index is 957. The van der Waals surface area contributed by atoms with Gasteiger partial charge in [0.1, 0.15) is 19.2 Å². The molecule has 0 spiro atoms. The smallest absolute Gasteiger partial charge is 0.244 e. The molecule has 1 amide bonds. The van der Waals surface area contributed by atoms with E-state index in [0.717, 1.165) is 26.1 Å². The second kappa shape index (κ2) is 11.5. The Hall–Kier alpha value is -3.15. The van der Waals surface area contributed by atoms with Crippen molar-refractivity contribution in [1.29, 1.82) is 0 Å². The third-order valence-corrected chi connectivity index (χ3v) is 6.13. The summed E-state index contributed by atoms with van der Waals surface area (Å²) in [6, 6.07) is 19.2. The van der Waals surface area contributed by atoms with E-state index < -0.39 is 0 Å². The maximum Gasteiger partial charge on any atom is 0.244 e. The molecule has 1 aliphatic rings. The van der Waals surface area contributed by atoms with E-state index in [0.29, 0.717) is 6.54 Å². The lowest BCUT2D eigenvalue weighted by atomic mass is 10.1. The maximum absolute atomic E-state index is 13.2.